The molecule has 1 aromatic heterocycles. The van der Waals surface area contributed by atoms with E-state index in [0.717, 1.165) is 55.3 Å². The molecule has 0 bridgehead atoms. The molecule has 0 saturated carbocycles. The number of hydrogen-bond donors (Lipinski definition) is 2. The van der Waals surface area contributed by atoms with E-state index in [1.54, 1.807) is 7.05 Å². The SMILES string of the molecule is CN(C)CCN(C)C(=O)c1cc(S(=O)(=O)NC(=O)Nc2c3c(cc4c2CCC4)CCC3)nn1C. The Morgan fingerprint density at radius 2 is 1.62 bits per heavy atom. The molecular formula is C23H32N6O4S. The molecule has 2 aromatic rings. The summed E-state index contributed by atoms with van der Waals surface area (Å²) < 4.78 is 29.1. The number of aryl methyl sites for hydroxylation is 3. The molecule has 2 N–H and O–H groups in total. The van der Waals surface area contributed by atoms with Gasteiger partial charge >= 0.3 is 6.03 Å². The molecule has 11 heteroatoms. The van der Waals surface area contributed by atoms with E-state index < -0.39 is 16.1 Å². The van der Waals surface area contributed by atoms with Crippen LogP contribution in [0, 0.1) is 0 Å². The van der Waals surface area contributed by atoms with Crippen LogP contribution in [0.1, 0.15) is 45.6 Å². The van der Waals surface area contributed by atoms with Crippen LogP contribution in [0.2, 0.25) is 0 Å². The second-order valence-corrected chi connectivity index (χ2v) is 10.9. The maximum Gasteiger partial charge on any atom is 0.333 e. The van der Waals surface area contributed by atoms with Gasteiger partial charge in [0.2, 0.25) is 0 Å². The summed E-state index contributed by atoms with van der Waals surface area (Å²) in [6.45, 7) is 1.14. The standard InChI is InChI=1S/C23H32N6O4S/c1-27(2)11-12-28(3)22(30)19-14-20(25-29(19)4)34(32,33)26-23(31)24-21-17-9-5-7-15(17)13-16-8-6-10-18(16)21/h13-14H,5-12H2,1-4H3,(H2,24,26,31). The molecule has 0 radical (unpaired) electrons. The predicted molar refractivity (Wildman–Crippen MR) is 129 cm³/mol. The maximum atomic E-state index is 12.9. The van der Waals surface area contributed by atoms with Crippen LogP contribution in [-0.4, -0.2) is 74.2 Å². The Morgan fingerprint density at radius 3 is 2.21 bits per heavy atom. The van der Waals surface area contributed by atoms with Crippen molar-refractivity contribution in [3.63, 3.8) is 0 Å². The summed E-state index contributed by atoms with van der Waals surface area (Å²) in [5.41, 5.74) is 5.59. The molecule has 1 heterocycles. The molecular weight excluding hydrogens is 456 g/mol. The van der Waals surface area contributed by atoms with Crippen LogP contribution in [0.3, 0.4) is 0 Å². The second kappa shape index (κ2) is 9.38. The number of benzene rings is 1. The van der Waals surface area contributed by atoms with E-state index in [2.05, 4.69) is 21.2 Å². The van der Waals surface area contributed by atoms with Crippen LogP contribution in [0.4, 0.5) is 10.5 Å². The van der Waals surface area contributed by atoms with E-state index in [4.69, 9.17) is 0 Å². The average molecular weight is 489 g/mol. The molecule has 3 amide bonds. The van der Waals surface area contributed by atoms with Crippen molar-refractivity contribution in [1.82, 2.24) is 24.3 Å². The van der Waals surface area contributed by atoms with Crippen molar-refractivity contribution in [3.8, 4) is 0 Å². The van der Waals surface area contributed by atoms with Gasteiger partial charge in [-0.1, -0.05) is 6.07 Å². The van der Waals surface area contributed by atoms with E-state index in [1.165, 1.54) is 33.8 Å². The highest BCUT2D eigenvalue weighted by atomic mass is 32.2. The van der Waals surface area contributed by atoms with Crippen LogP contribution in [-0.2, 0) is 42.8 Å². The number of anilines is 1. The first-order valence-electron chi connectivity index (χ1n) is 11.5. The summed E-state index contributed by atoms with van der Waals surface area (Å²) in [5, 5.41) is 6.42. The van der Waals surface area contributed by atoms with Crippen LogP contribution in [0.25, 0.3) is 0 Å². The molecule has 184 valence electrons. The fourth-order valence-electron chi connectivity index (χ4n) is 4.70. The van der Waals surface area contributed by atoms with Crippen LogP contribution in [0.5, 0.6) is 0 Å². The van der Waals surface area contributed by atoms with Gasteiger partial charge in [-0.3, -0.25) is 9.48 Å². The fraction of sp³-hybridized carbons (Fsp3) is 0.522. The van der Waals surface area contributed by atoms with Gasteiger partial charge in [0.1, 0.15) is 5.69 Å². The molecule has 2 aliphatic rings. The number of nitrogens with one attached hydrogen (secondary N) is 2. The summed E-state index contributed by atoms with van der Waals surface area (Å²) >= 11 is 0. The quantitative estimate of drug-likeness (QED) is 0.611. The number of aromatic nitrogens is 2. The Morgan fingerprint density at radius 1 is 1.00 bits per heavy atom. The summed E-state index contributed by atoms with van der Waals surface area (Å²) in [4.78, 5) is 29.0. The molecule has 0 atom stereocenters. The van der Waals surface area contributed by atoms with Gasteiger partial charge in [0, 0.05) is 38.9 Å². The van der Waals surface area contributed by atoms with E-state index in [1.807, 2.05) is 19.0 Å². The van der Waals surface area contributed by atoms with Crippen molar-refractivity contribution >= 4 is 27.6 Å². The molecule has 0 spiro atoms. The Hall–Kier alpha value is -2.92. The van der Waals surface area contributed by atoms with Crippen LogP contribution in [0.15, 0.2) is 17.2 Å². The zero-order chi connectivity index (χ0) is 24.6. The van der Waals surface area contributed by atoms with Gasteiger partial charge in [-0.2, -0.15) is 13.5 Å². The summed E-state index contributed by atoms with van der Waals surface area (Å²) in [7, 11) is 2.69. The Labute approximate surface area is 200 Å². The van der Waals surface area contributed by atoms with Crippen molar-refractivity contribution in [3.05, 3.63) is 40.1 Å². The lowest BCUT2D eigenvalue weighted by atomic mass is 9.99. The molecule has 0 saturated heterocycles. The highest BCUT2D eigenvalue weighted by Gasteiger charge is 2.28. The molecule has 0 unspecified atom stereocenters. The third-order valence-corrected chi connectivity index (χ3v) is 7.72. The number of sulfonamides is 1. The van der Waals surface area contributed by atoms with Gasteiger partial charge in [0.05, 0.1) is 0 Å². The lowest BCUT2D eigenvalue weighted by molar-refractivity contribution is 0.0775. The third-order valence-electron chi connectivity index (χ3n) is 6.52. The predicted octanol–water partition coefficient (Wildman–Crippen LogP) is 1.54. The molecule has 0 aliphatic heterocycles. The van der Waals surface area contributed by atoms with Gasteiger partial charge in [0.15, 0.2) is 5.03 Å². The molecule has 4 rings (SSSR count). The third kappa shape index (κ3) is 4.80. The number of rotatable bonds is 7. The van der Waals surface area contributed by atoms with E-state index in [-0.39, 0.29) is 16.6 Å². The van der Waals surface area contributed by atoms with E-state index in [0.29, 0.717) is 13.1 Å². The number of urea groups is 1. The number of nitrogens with zero attached hydrogens (tertiary/aromatic N) is 4. The summed E-state index contributed by atoms with van der Waals surface area (Å²) in [6, 6.07) is 2.62. The number of likely N-dealkylation sites (N-methyl/N-ethyl adjacent to an activating group) is 2. The average Bonchev–Trinajstić information content (AvgIpc) is 3.50. The van der Waals surface area contributed by atoms with E-state index in [9.17, 15) is 18.0 Å². The van der Waals surface area contributed by atoms with Gasteiger partial charge in [0.25, 0.3) is 15.9 Å². The summed E-state index contributed by atoms with van der Waals surface area (Å²) in [6.07, 6.45) is 5.76. The Balaban J connectivity index is 1.50. The van der Waals surface area contributed by atoms with Crippen molar-refractivity contribution in [2.24, 2.45) is 7.05 Å². The van der Waals surface area contributed by atoms with Gasteiger partial charge in [-0.15, -0.1) is 0 Å². The minimum Gasteiger partial charge on any atom is -0.339 e. The largest absolute Gasteiger partial charge is 0.339 e. The van der Waals surface area contributed by atoms with Crippen molar-refractivity contribution in [1.29, 1.82) is 0 Å². The fourth-order valence-corrected chi connectivity index (χ4v) is 5.60. The van der Waals surface area contributed by atoms with Gasteiger partial charge in [-0.25, -0.2) is 9.52 Å². The molecule has 34 heavy (non-hydrogen) atoms. The highest BCUT2D eigenvalue weighted by Crippen LogP contribution is 2.38. The molecule has 0 fully saturated rings. The van der Waals surface area contributed by atoms with E-state index >= 15 is 0 Å². The highest BCUT2D eigenvalue weighted by molar-refractivity contribution is 7.90. The monoisotopic (exact) mass is 488 g/mol. The van der Waals surface area contributed by atoms with Crippen molar-refractivity contribution < 1.29 is 18.0 Å². The number of hydrogen-bond acceptors (Lipinski definition) is 6. The number of amides is 3. The Bertz CT molecular complexity index is 1200. The normalized spacial score (nSPS) is 14.7. The van der Waals surface area contributed by atoms with Crippen LogP contribution >= 0.6 is 0 Å². The van der Waals surface area contributed by atoms with Crippen molar-refractivity contribution in [2.45, 2.75) is 43.6 Å². The smallest absolute Gasteiger partial charge is 0.333 e. The molecule has 1 aromatic carbocycles. The molecule has 10 nitrogen and oxygen atoms in total. The maximum absolute atomic E-state index is 12.9. The lowest BCUT2D eigenvalue weighted by Gasteiger charge is -2.19. The van der Waals surface area contributed by atoms with Gasteiger partial charge in [-0.05, 0) is 74.9 Å². The molecule has 2 aliphatic carbocycles. The first-order chi connectivity index (χ1) is 16.1. The topological polar surface area (TPSA) is 117 Å². The zero-order valence-electron chi connectivity index (χ0n) is 20.1. The number of carbonyl (C=O) groups excluding carboxylic acids is 2. The lowest BCUT2D eigenvalue weighted by Crippen LogP contribution is -2.35. The Kier molecular flexibility index (Phi) is 6.68. The van der Waals surface area contributed by atoms with Crippen LogP contribution < -0.4 is 10.0 Å². The number of carbonyl (C=O) groups is 2. The van der Waals surface area contributed by atoms with Crippen molar-refractivity contribution in [2.75, 3.05) is 39.5 Å². The first kappa shape index (κ1) is 24.2. The second-order valence-electron chi connectivity index (χ2n) is 9.32. The minimum atomic E-state index is -4.27. The first-order valence-corrected chi connectivity index (χ1v) is 13.0. The van der Waals surface area contributed by atoms with Gasteiger partial charge < -0.3 is 15.1 Å². The zero-order valence-corrected chi connectivity index (χ0v) is 21.0. The summed E-state index contributed by atoms with van der Waals surface area (Å²) in [5.74, 6) is -0.349. The number of fused-ring (bicyclic) bond motifs is 2. The minimum absolute atomic E-state index is 0.126.